The molecular weight excluding hydrogens is 410 g/mol. The fourth-order valence-corrected chi connectivity index (χ4v) is 4.84. The van der Waals surface area contributed by atoms with Crippen molar-refractivity contribution < 1.29 is 18.0 Å². The Morgan fingerprint density at radius 2 is 1.72 bits per heavy atom. The van der Waals surface area contributed by atoms with Crippen LogP contribution in [-0.4, -0.2) is 44.5 Å². The van der Waals surface area contributed by atoms with E-state index in [1.54, 1.807) is 29.2 Å². The number of nitrogens with zero attached hydrogens (tertiary/aromatic N) is 1. The molecule has 0 saturated carbocycles. The molecule has 0 aromatic heterocycles. The monoisotopic (exact) mass is 433 g/mol. The zero-order valence-electron chi connectivity index (χ0n) is 16.3. The van der Waals surface area contributed by atoms with E-state index >= 15 is 0 Å². The van der Waals surface area contributed by atoms with Crippen LogP contribution in [0.25, 0.3) is 0 Å². The van der Waals surface area contributed by atoms with E-state index in [0.29, 0.717) is 30.0 Å². The third-order valence-corrected chi connectivity index (χ3v) is 6.71. The molecule has 2 amide bonds. The Labute approximate surface area is 174 Å². The number of amides is 2. The second kappa shape index (κ2) is 8.87. The summed E-state index contributed by atoms with van der Waals surface area (Å²) >= 11 is 1.41. The second-order valence-corrected chi connectivity index (χ2v) is 9.26. The van der Waals surface area contributed by atoms with Gasteiger partial charge in [-0.05, 0) is 55.5 Å². The first kappa shape index (κ1) is 21.2. The SMILES string of the molecule is CSc1ccc(S(=O)(=O)Nc2cccc(NC(C)=O)c2)cc1C(=O)N1CCCC1. The van der Waals surface area contributed by atoms with E-state index in [-0.39, 0.29) is 16.7 Å². The van der Waals surface area contributed by atoms with Crippen LogP contribution in [0.4, 0.5) is 11.4 Å². The van der Waals surface area contributed by atoms with E-state index in [0.717, 1.165) is 17.7 Å². The van der Waals surface area contributed by atoms with Crippen LogP contribution in [0.5, 0.6) is 0 Å². The summed E-state index contributed by atoms with van der Waals surface area (Å²) in [4.78, 5) is 26.6. The molecule has 2 aromatic rings. The molecule has 1 aliphatic heterocycles. The van der Waals surface area contributed by atoms with Crippen LogP contribution in [0.3, 0.4) is 0 Å². The number of likely N-dealkylation sites (tertiary alicyclic amines) is 1. The molecule has 1 saturated heterocycles. The van der Waals surface area contributed by atoms with Crippen LogP contribution in [0.1, 0.15) is 30.1 Å². The van der Waals surface area contributed by atoms with Crippen LogP contribution in [0.2, 0.25) is 0 Å². The molecule has 154 valence electrons. The summed E-state index contributed by atoms with van der Waals surface area (Å²) < 4.78 is 28.3. The maximum Gasteiger partial charge on any atom is 0.261 e. The lowest BCUT2D eigenvalue weighted by atomic mass is 10.2. The number of carbonyl (C=O) groups is 2. The van der Waals surface area contributed by atoms with Gasteiger partial charge < -0.3 is 10.2 Å². The highest BCUT2D eigenvalue weighted by atomic mass is 32.2. The number of rotatable bonds is 6. The van der Waals surface area contributed by atoms with Gasteiger partial charge in [-0.15, -0.1) is 11.8 Å². The molecule has 0 spiro atoms. The molecule has 0 atom stereocenters. The van der Waals surface area contributed by atoms with Gasteiger partial charge in [-0.3, -0.25) is 14.3 Å². The summed E-state index contributed by atoms with van der Waals surface area (Å²) in [6.45, 7) is 2.76. The summed E-state index contributed by atoms with van der Waals surface area (Å²) in [7, 11) is -3.91. The topological polar surface area (TPSA) is 95.6 Å². The lowest BCUT2D eigenvalue weighted by molar-refractivity contribution is -0.114. The third-order valence-electron chi connectivity index (χ3n) is 4.54. The van der Waals surface area contributed by atoms with Crippen molar-refractivity contribution in [3.8, 4) is 0 Å². The minimum atomic E-state index is -3.91. The molecule has 1 fully saturated rings. The highest BCUT2D eigenvalue weighted by Gasteiger charge is 2.24. The molecule has 0 aliphatic carbocycles. The smallest absolute Gasteiger partial charge is 0.261 e. The van der Waals surface area contributed by atoms with Gasteiger partial charge in [0.25, 0.3) is 15.9 Å². The number of anilines is 2. The summed E-state index contributed by atoms with van der Waals surface area (Å²) in [6, 6.07) is 11.0. The van der Waals surface area contributed by atoms with Gasteiger partial charge in [-0.25, -0.2) is 8.42 Å². The van der Waals surface area contributed by atoms with Gasteiger partial charge in [-0.1, -0.05) is 6.07 Å². The molecule has 1 aliphatic rings. The van der Waals surface area contributed by atoms with E-state index in [1.165, 1.54) is 36.9 Å². The number of carbonyl (C=O) groups excluding carboxylic acids is 2. The number of nitrogens with one attached hydrogen (secondary N) is 2. The minimum absolute atomic E-state index is 0.0165. The average Bonchev–Trinajstić information content (AvgIpc) is 3.21. The molecule has 0 bridgehead atoms. The number of thioether (sulfide) groups is 1. The number of hydrogen-bond acceptors (Lipinski definition) is 5. The lowest BCUT2D eigenvalue weighted by Gasteiger charge is -2.18. The van der Waals surface area contributed by atoms with Crippen LogP contribution in [0, 0.1) is 0 Å². The Morgan fingerprint density at radius 3 is 2.38 bits per heavy atom. The maximum absolute atomic E-state index is 12.9. The van der Waals surface area contributed by atoms with Gasteiger partial charge in [0.1, 0.15) is 0 Å². The lowest BCUT2D eigenvalue weighted by Crippen LogP contribution is -2.28. The predicted octanol–water partition coefficient (Wildman–Crippen LogP) is 3.40. The Hall–Kier alpha value is -2.52. The molecule has 7 nitrogen and oxygen atoms in total. The van der Waals surface area contributed by atoms with Gasteiger partial charge in [0.2, 0.25) is 5.91 Å². The van der Waals surface area contributed by atoms with Gasteiger partial charge in [-0.2, -0.15) is 0 Å². The largest absolute Gasteiger partial charge is 0.339 e. The van der Waals surface area contributed by atoms with Crippen LogP contribution < -0.4 is 10.0 Å². The van der Waals surface area contributed by atoms with E-state index < -0.39 is 10.0 Å². The van der Waals surface area contributed by atoms with E-state index in [1.807, 2.05) is 6.26 Å². The molecule has 1 heterocycles. The van der Waals surface area contributed by atoms with Crippen LogP contribution in [-0.2, 0) is 14.8 Å². The van der Waals surface area contributed by atoms with Crippen molar-refractivity contribution in [2.24, 2.45) is 0 Å². The molecule has 2 aromatic carbocycles. The Morgan fingerprint density at radius 1 is 1.03 bits per heavy atom. The van der Waals surface area contributed by atoms with E-state index in [2.05, 4.69) is 10.0 Å². The number of benzene rings is 2. The summed E-state index contributed by atoms with van der Waals surface area (Å²) in [5.41, 5.74) is 1.20. The van der Waals surface area contributed by atoms with Crippen molar-refractivity contribution in [2.45, 2.75) is 29.6 Å². The first-order valence-corrected chi connectivity index (χ1v) is 11.9. The predicted molar refractivity (Wildman–Crippen MR) is 115 cm³/mol. The van der Waals surface area contributed by atoms with Crippen molar-refractivity contribution >= 4 is 45.0 Å². The zero-order chi connectivity index (χ0) is 21.0. The zero-order valence-corrected chi connectivity index (χ0v) is 17.9. The summed E-state index contributed by atoms with van der Waals surface area (Å²) in [5, 5.41) is 2.61. The summed E-state index contributed by atoms with van der Waals surface area (Å²) in [6.07, 6.45) is 3.78. The molecule has 0 unspecified atom stereocenters. The highest BCUT2D eigenvalue weighted by molar-refractivity contribution is 7.98. The van der Waals surface area contributed by atoms with Crippen LogP contribution >= 0.6 is 11.8 Å². The normalized spacial score (nSPS) is 13.9. The number of sulfonamides is 1. The van der Waals surface area contributed by atoms with Crippen molar-refractivity contribution in [1.29, 1.82) is 0 Å². The van der Waals surface area contributed by atoms with Crippen molar-refractivity contribution in [3.05, 3.63) is 48.0 Å². The fourth-order valence-electron chi connectivity index (χ4n) is 3.19. The van der Waals surface area contributed by atoms with Crippen molar-refractivity contribution in [2.75, 3.05) is 29.4 Å². The average molecular weight is 434 g/mol. The van der Waals surface area contributed by atoms with Crippen molar-refractivity contribution in [3.63, 3.8) is 0 Å². The summed E-state index contributed by atoms with van der Waals surface area (Å²) in [5.74, 6) is -0.390. The van der Waals surface area contributed by atoms with E-state index in [4.69, 9.17) is 0 Å². The molecule has 0 radical (unpaired) electrons. The van der Waals surface area contributed by atoms with Crippen molar-refractivity contribution in [1.82, 2.24) is 4.90 Å². The molecule has 3 rings (SSSR count). The number of hydrogen-bond donors (Lipinski definition) is 2. The van der Waals surface area contributed by atoms with Gasteiger partial charge in [0.05, 0.1) is 16.1 Å². The molecule has 29 heavy (non-hydrogen) atoms. The molecule has 9 heteroatoms. The molecular formula is C20H23N3O4S2. The third kappa shape index (κ3) is 5.10. The maximum atomic E-state index is 12.9. The molecule has 2 N–H and O–H groups in total. The van der Waals surface area contributed by atoms with E-state index in [9.17, 15) is 18.0 Å². The first-order valence-electron chi connectivity index (χ1n) is 9.18. The first-order chi connectivity index (χ1) is 13.8. The standard InChI is InChI=1S/C20H23N3O4S2/c1-14(24)21-15-6-5-7-16(12-15)22-29(26,27)17-8-9-19(28-2)18(13-17)20(25)23-10-3-4-11-23/h5-9,12-13,22H,3-4,10-11H2,1-2H3,(H,21,24). The highest BCUT2D eigenvalue weighted by Crippen LogP contribution is 2.27. The van der Waals surface area contributed by atoms with Crippen LogP contribution in [0.15, 0.2) is 52.3 Å². The fraction of sp³-hybridized carbons (Fsp3) is 0.300. The quantitative estimate of drug-likeness (QED) is 0.681. The minimum Gasteiger partial charge on any atom is -0.339 e. The Bertz CT molecular complexity index is 1030. The van der Waals surface area contributed by atoms with Gasteiger partial charge in [0.15, 0.2) is 0 Å². The Balaban J connectivity index is 1.89. The van der Waals surface area contributed by atoms with Gasteiger partial charge in [0, 0.05) is 30.6 Å². The second-order valence-electron chi connectivity index (χ2n) is 6.73. The Kier molecular flexibility index (Phi) is 6.49. The van der Waals surface area contributed by atoms with Gasteiger partial charge >= 0.3 is 0 Å².